The topological polar surface area (TPSA) is 113 Å². The van der Waals surface area contributed by atoms with E-state index < -0.39 is 31.0 Å². The minimum absolute atomic E-state index is 0.0133. The van der Waals surface area contributed by atoms with Gasteiger partial charge in [-0.2, -0.15) is 0 Å². The Morgan fingerprint density at radius 3 is 2.00 bits per heavy atom. The van der Waals surface area contributed by atoms with Gasteiger partial charge in [0.2, 0.25) is 0 Å². The molecule has 0 saturated heterocycles. The fraction of sp³-hybridized carbons (Fsp3) is 0.538. The molecule has 0 bridgehead atoms. The number of nitrogens with one attached hydrogen (secondary N) is 1. The van der Waals surface area contributed by atoms with Gasteiger partial charge in [-0.3, -0.25) is 0 Å². The molecule has 0 spiro atoms. The Balaban J connectivity index is 2.46. The zero-order valence-electron chi connectivity index (χ0n) is 10.8. The van der Waals surface area contributed by atoms with Crippen molar-refractivity contribution >= 4 is 5.69 Å². The van der Waals surface area contributed by atoms with E-state index in [1.165, 1.54) is 0 Å². The number of anilines is 1. The van der Waals surface area contributed by atoms with Gasteiger partial charge in [0.1, 0.15) is 18.3 Å². The van der Waals surface area contributed by atoms with Crippen LogP contribution in [0.5, 0.6) is 0 Å². The van der Waals surface area contributed by atoms with Gasteiger partial charge in [0.05, 0.1) is 12.7 Å². The third kappa shape index (κ3) is 4.77. The number of benzene rings is 1. The first-order valence-corrected chi connectivity index (χ1v) is 6.09. The van der Waals surface area contributed by atoms with Crippen LogP contribution in [0.1, 0.15) is 5.56 Å². The van der Waals surface area contributed by atoms with Crippen LogP contribution in [0.25, 0.3) is 0 Å². The van der Waals surface area contributed by atoms with Gasteiger partial charge in [-0.25, -0.2) is 0 Å². The lowest BCUT2D eigenvalue weighted by Gasteiger charge is -2.26. The Morgan fingerprint density at radius 2 is 1.47 bits per heavy atom. The van der Waals surface area contributed by atoms with Gasteiger partial charge in [0, 0.05) is 12.2 Å². The lowest BCUT2D eigenvalue weighted by Crippen LogP contribution is -2.47. The van der Waals surface area contributed by atoms with Gasteiger partial charge < -0.3 is 30.8 Å². The van der Waals surface area contributed by atoms with E-state index in [1.54, 1.807) is 0 Å². The summed E-state index contributed by atoms with van der Waals surface area (Å²) in [7, 11) is 0. The van der Waals surface area contributed by atoms with Crippen LogP contribution < -0.4 is 5.32 Å². The molecule has 108 valence electrons. The van der Waals surface area contributed by atoms with Crippen LogP contribution in [0.3, 0.4) is 0 Å². The number of hydrogen-bond donors (Lipinski definition) is 6. The van der Waals surface area contributed by atoms with Crippen molar-refractivity contribution in [2.45, 2.75) is 31.3 Å². The van der Waals surface area contributed by atoms with Crippen molar-refractivity contribution in [2.24, 2.45) is 0 Å². The second-order valence-corrected chi connectivity index (χ2v) is 4.55. The SMILES string of the molecule is Cc1ccc(NC[C@H](O)[C@@H](O)[C@H](O)[C@H](O)CO)cc1. The van der Waals surface area contributed by atoms with E-state index in [0.29, 0.717) is 0 Å². The number of aliphatic hydroxyl groups excluding tert-OH is 5. The summed E-state index contributed by atoms with van der Waals surface area (Å²) in [6, 6.07) is 7.45. The lowest BCUT2D eigenvalue weighted by atomic mass is 10.0. The minimum Gasteiger partial charge on any atom is -0.394 e. The fourth-order valence-corrected chi connectivity index (χ4v) is 1.58. The molecule has 0 saturated carbocycles. The highest BCUT2D eigenvalue weighted by atomic mass is 16.4. The number of aryl methyl sites for hydroxylation is 1. The summed E-state index contributed by atoms with van der Waals surface area (Å²) in [5, 5.41) is 49.4. The summed E-state index contributed by atoms with van der Waals surface area (Å²) < 4.78 is 0. The summed E-state index contributed by atoms with van der Waals surface area (Å²) in [5.74, 6) is 0. The van der Waals surface area contributed by atoms with Crippen molar-refractivity contribution in [3.63, 3.8) is 0 Å². The average molecular weight is 271 g/mol. The molecule has 4 atom stereocenters. The highest BCUT2D eigenvalue weighted by Gasteiger charge is 2.29. The van der Waals surface area contributed by atoms with Crippen molar-refractivity contribution in [1.82, 2.24) is 0 Å². The number of rotatable bonds is 7. The Bertz CT molecular complexity index is 370. The van der Waals surface area contributed by atoms with Crippen LogP contribution in [0, 0.1) is 6.92 Å². The van der Waals surface area contributed by atoms with Crippen molar-refractivity contribution < 1.29 is 25.5 Å². The second kappa shape index (κ2) is 7.42. The van der Waals surface area contributed by atoms with Gasteiger partial charge in [0.25, 0.3) is 0 Å². The molecule has 1 rings (SSSR count). The maximum absolute atomic E-state index is 9.68. The summed E-state index contributed by atoms with van der Waals surface area (Å²) in [5.41, 5.74) is 1.88. The van der Waals surface area contributed by atoms with Crippen molar-refractivity contribution in [3.05, 3.63) is 29.8 Å². The first-order chi connectivity index (χ1) is 8.95. The van der Waals surface area contributed by atoms with Gasteiger partial charge in [0.15, 0.2) is 0 Å². The Hall–Kier alpha value is -1.18. The smallest absolute Gasteiger partial charge is 0.111 e. The highest BCUT2D eigenvalue weighted by Crippen LogP contribution is 2.10. The van der Waals surface area contributed by atoms with E-state index in [9.17, 15) is 20.4 Å². The lowest BCUT2D eigenvalue weighted by molar-refractivity contribution is -0.111. The Kier molecular flexibility index (Phi) is 6.20. The first-order valence-electron chi connectivity index (χ1n) is 6.09. The van der Waals surface area contributed by atoms with Crippen LogP contribution in [-0.2, 0) is 0 Å². The minimum atomic E-state index is -1.60. The van der Waals surface area contributed by atoms with Crippen molar-refractivity contribution in [1.29, 1.82) is 0 Å². The van der Waals surface area contributed by atoms with Crippen LogP contribution >= 0.6 is 0 Å². The van der Waals surface area contributed by atoms with E-state index in [-0.39, 0.29) is 6.54 Å². The predicted molar refractivity (Wildman–Crippen MR) is 70.8 cm³/mol. The van der Waals surface area contributed by atoms with Crippen molar-refractivity contribution in [2.75, 3.05) is 18.5 Å². The third-order valence-corrected chi connectivity index (χ3v) is 2.89. The Morgan fingerprint density at radius 1 is 0.947 bits per heavy atom. The molecule has 0 aliphatic rings. The average Bonchev–Trinajstić information content (AvgIpc) is 2.43. The van der Waals surface area contributed by atoms with Crippen LogP contribution in [-0.4, -0.2) is 63.1 Å². The quantitative estimate of drug-likeness (QED) is 0.373. The van der Waals surface area contributed by atoms with E-state index in [2.05, 4.69) is 5.32 Å². The second-order valence-electron chi connectivity index (χ2n) is 4.55. The van der Waals surface area contributed by atoms with Gasteiger partial charge >= 0.3 is 0 Å². The molecular formula is C13H21NO5. The molecule has 6 heteroatoms. The third-order valence-electron chi connectivity index (χ3n) is 2.89. The molecular weight excluding hydrogens is 250 g/mol. The maximum atomic E-state index is 9.68. The van der Waals surface area contributed by atoms with Crippen LogP contribution in [0.4, 0.5) is 5.69 Å². The molecule has 0 radical (unpaired) electrons. The van der Waals surface area contributed by atoms with E-state index in [4.69, 9.17) is 5.11 Å². The summed E-state index contributed by atoms with van der Waals surface area (Å²) >= 11 is 0. The number of hydrogen-bond acceptors (Lipinski definition) is 6. The largest absolute Gasteiger partial charge is 0.394 e. The summed E-state index contributed by atoms with van der Waals surface area (Å²) in [6.07, 6.45) is -5.89. The molecule has 0 amide bonds. The zero-order chi connectivity index (χ0) is 14.4. The summed E-state index contributed by atoms with van der Waals surface area (Å²) in [6.45, 7) is 1.28. The molecule has 0 aliphatic heterocycles. The molecule has 6 N–H and O–H groups in total. The number of aliphatic hydroxyl groups is 5. The molecule has 19 heavy (non-hydrogen) atoms. The van der Waals surface area contributed by atoms with E-state index in [0.717, 1.165) is 11.3 Å². The maximum Gasteiger partial charge on any atom is 0.111 e. The Labute approximate surface area is 112 Å². The molecule has 6 nitrogen and oxygen atoms in total. The van der Waals surface area contributed by atoms with Crippen LogP contribution in [0.2, 0.25) is 0 Å². The molecule has 0 heterocycles. The van der Waals surface area contributed by atoms with E-state index in [1.807, 2.05) is 31.2 Å². The summed E-state index contributed by atoms with van der Waals surface area (Å²) in [4.78, 5) is 0. The molecule has 0 unspecified atom stereocenters. The standard InChI is InChI=1S/C13H21NO5/c1-8-2-4-9(5-3-8)14-6-10(16)12(18)13(19)11(17)7-15/h2-5,10-19H,6-7H2,1H3/t10-,11+,12+,13+/m0/s1. The normalized spacial score (nSPS) is 17.6. The van der Waals surface area contributed by atoms with Gasteiger partial charge in [-0.15, -0.1) is 0 Å². The molecule has 0 aromatic heterocycles. The molecule has 0 fully saturated rings. The fourth-order valence-electron chi connectivity index (χ4n) is 1.58. The van der Waals surface area contributed by atoms with Crippen LogP contribution in [0.15, 0.2) is 24.3 Å². The van der Waals surface area contributed by atoms with E-state index >= 15 is 0 Å². The van der Waals surface area contributed by atoms with Gasteiger partial charge in [-0.05, 0) is 19.1 Å². The highest BCUT2D eigenvalue weighted by molar-refractivity contribution is 5.44. The molecule has 0 aliphatic carbocycles. The monoisotopic (exact) mass is 271 g/mol. The zero-order valence-corrected chi connectivity index (χ0v) is 10.8. The molecule has 1 aromatic carbocycles. The van der Waals surface area contributed by atoms with Gasteiger partial charge in [-0.1, -0.05) is 17.7 Å². The van der Waals surface area contributed by atoms with Crippen molar-refractivity contribution in [3.8, 4) is 0 Å². The first kappa shape index (κ1) is 15.9. The predicted octanol–water partition coefficient (Wildman–Crippen LogP) is -1.16. The molecule has 1 aromatic rings.